The second-order valence-corrected chi connectivity index (χ2v) is 6.96. The monoisotopic (exact) mass is 261 g/mol. The van der Waals surface area contributed by atoms with Crippen LogP contribution >= 0.6 is 11.6 Å². The van der Waals surface area contributed by atoms with Gasteiger partial charge in [-0.1, -0.05) is 11.6 Å². The molecule has 0 fully saturated rings. The molecule has 1 aromatic rings. The molecule has 0 saturated heterocycles. The highest BCUT2D eigenvalue weighted by atomic mass is 35.5. The SMILES string of the molecule is Cc1nc(Cl)c(S(=O)(=O)C(C)C)c(C)c1C. The topological polar surface area (TPSA) is 47.0 Å². The summed E-state index contributed by atoms with van der Waals surface area (Å²) in [5.74, 6) is 0. The van der Waals surface area contributed by atoms with E-state index in [0.717, 1.165) is 11.3 Å². The van der Waals surface area contributed by atoms with Crippen molar-refractivity contribution in [2.75, 3.05) is 0 Å². The van der Waals surface area contributed by atoms with E-state index in [-0.39, 0.29) is 10.0 Å². The van der Waals surface area contributed by atoms with Crippen molar-refractivity contribution in [1.29, 1.82) is 0 Å². The van der Waals surface area contributed by atoms with E-state index >= 15 is 0 Å². The molecule has 0 aliphatic carbocycles. The lowest BCUT2D eigenvalue weighted by Crippen LogP contribution is -2.17. The number of halogens is 1. The summed E-state index contributed by atoms with van der Waals surface area (Å²) in [5, 5.41) is -0.415. The van der Waals surface area contributed by atoms with Crippen LogP contribution in [0.1, 0.15) is 30.7 Å². The number of rotatable bonds is 2. The third-order valence-electron chi connectivity index (χ3n) is 2.80. The highest BCUT2D eigenvalue weighted by Crippen LogP contribution is 2.29. The zero-order valence-corrected chi connectivity index (χ0v) is 11.7. The second-order valence-electron chi connectivity index (χ2n) is 4.16. The molecular formula is C11H16ClNO2S. The smallest absolute Gasteiger partial charge is 0.184 e. The molecule has 1 rings (SSSR count). The molecule has 0 spiro atoms. The summed E-state index contributed by atoms with van der Waals surface area (Å²) < 4.78 is 24.2. The first-order chi connectivity index (χ1) is 7.19. The van der Waals surface area contributed by atoms with Crippen LogP contribution in [0.3, 0.4) is 0 Å². The zero-order chi connectivity index (χ0) is 12.7. The van der Waals surface area contributed by atoms with E-state index in [1.165, 1.54) is 0 Å². The van der Waals surface area contributed by atoms with Gasteiger partial charge < -0.3 is 0 Å². The predicted octanol–water partition coefficient (Wildman–Crippen LogP) is 2.84. The van der Waals surface area contributed by atoms with Crippen molar-refractivity contribution in [1.82, 2.24) is 4.98 Å². The Balaban J connectivity index is 3.66. The van der Waals surface area contributed by atoms with Gasteiger partial charge in [0.2, 0.25) is 0 Å². The van der Waals surface area contributed by atoms with E-state index in [1.807, 2.05) is 13.8 Å². The predicted molar refractivity (Wildman–Crippen MR) is 65.8 cm³/mol. The minimum Gasteiger partial charge on any atom is -0.240 e. The average molecular weight is 262 g/mol. The maximum Gasteiger partial charge on any atom is 0.184 e. The van der Waals surface area contributed by atoms with Gasteiger partial charge in [-0.3, -0.25) is 0 Å². The maximum absolute atomic E-state index is 12.1. The Kier molecular flexibility index (Phi) is 3.65. The number of hydrogen-bond donors (Lipinski definition) is 0. The van der Waals surface area contributed by atoms with Crippen molar-refractivity contribution in [3.05, 3.63) is 22.0 Å². The van der Waals surface area contributed by atoms with E-state index in [4.69, 9.17) is 11.6 Å². The lowest BCUT2D eigenvalue weighted by atomic mass is 10.1. The van der Waals surface area contributed by atoms with Crippen LogP contribution in [0.5, 0.6) is 0 Å². The summed E-state index contributed by atoms with van der Waals surface area (Å²) in [5.41, 5.74) is 2.35. The lowest BCUT2D eigenvalue weighted by molar-refractivity contribution is 0.586. The third-order valence-corrected chi connectivity index (χ3v) is 5.50. The van der Waals surface area contributed by atoms with Crippen molar-refractivity contribution in [2.24, 2.45) is 0 Å². The van der Waals surface area contributed by atoms with E-state index in [1.54, 1.807) is 20.8 Å². The lowest BCUT2D eigenvalue weighted by Gasteiger charge is -2.15. The van der Waals surface area contributed by atoms with Crippen molar-refractivity contribution in [2.45, 2.75) is 44.8 Å². The molecule has 0 aromatic carbocycles. The van der Waals surface area contributed by atoms with Gasteiger partial charge in [0.25, 0.3) is 0 Å². The first-order valence-electron chi connectivity index (χ1n) is 5.06. The van der Waals surface area contributed by atoms with Gasteiger partial charge in [-0.2, -0.15) is 0 Å². The molecule has 0 aliphatic rings. The Hall–Kier alpha value is -0.610. The Morgan fingerprint density at radius 1 is 1.12 bits per heavy atom. The Morgan fingerprint density at radius 2 is 1.62 bits per heavy atom. The van der Waals surface area contributed by atoms with Crippen LogP contribution in [0.4, 0.5) is 0 Å². The zero-order valence-electron chi connectivity index (χ0n) is 10.1. The second kappa shape index (κ2) is 4.34. The highest BCUT2D eigenvalue weighted by Gasteiger charge is 2.26. The molecule has 0 radical (unpaired) electrons. The van der Waals surface area contributed by atoms with Gasteiger partial charge in [-0.05, 0) is 45.7 Å². The minimum absolute atomic E-state index is 0.0781. The quantitative estimate of drug-likeness (QED) is 0.769. The van der Waals surface area contributed by atoms with Crippen LogP contribution < -0.4 is 0 Å². The average Bonchev–Trinajstić information content (AvgIpc) is 2.13. The van der Waals surface area contributed by atoms with Gasteiger partial charge in [0.15, 0.2) is 9.84 Å². The first kappa shape index (κ1) is 13.5. The first-order valence-corrected chi connectivity index (χ1v) is 6.99. The van der Waals surface area contributed by atoms with E-state index in [0.29, 0.717) is 5.56 Å². The van der Waals surface area contributed by atoms with Gasteiger partial charge in [-0.25, -0.2) is 13.4 Å². The van der Waals surface area contributed by atoms with Crippen LogP contribution in [-0.4, -0.2) is 18.7 Å². The fraction of sp³-hybridized carbons (Fsp3) is 0.545. The molecule has 3 nitrogen and oxygen atoms in total. The van der Waals surface area contributed by atoms with Crippen LogP contribution in [0.2, 0.25) is 5.15 Å². The minimum atomic E-state index is -3.37. The normalized spacial score (nSPS) is 12.2. The third kappa shape index (κ3) is 2.09. The summed E-state index contributed by atoms with van der Waals surface area (Å²) in [6.07, 6.45) is 0. The fourth-order valence-corrected chi connectivity index (χ4v) is 3.37. The van der Waals surface area contributed by atoms with Gasteiger partial charge in [-0.15, -0.1) is 0 Å². The van der Waals surface area contributed by atoms with E-state index in [9.17, 15) is 8.42 Å². The molecule has 16 heavy (non-hydrogen) atoms. The molecule has 0 unspecified atom stereocenters. The van der Waals surface area contributed by atoms with Crippen LogP contribution in [0.25, 0.3) is 0 Å². The van der Waals surface area contributed by atoms with Crippen LogP contribution in [0, 0.1) is 20.8 Å². The van der Waals surface area contributed by atoms with Gasteiger partial charge in [0.1, 0.15) is 10.0 Å². The molecule has 0 saturated carbocycles. The standard InChI is InChI=1S/C11H16ClNO2S/c1-6(2)16(14,15)10-8(4)7(3)9(5)13-11(10)12/h6H,1-5H3. The molecule has 5 heteroatoms. The van der Waals surface area contributed by atoms with Crippen molar-refractivity contribution < 1.29 is 8.42 Å². The van der Waals surface area contributed by atoms with E-state index < -0.39 is 15.1 Å². The molecule has 0 N–H and O–H groups in total. The molecule has 0 aliphatic heterocycles. The fourth-order valence-electron chi connectivity index (χ4n) is 1.44. The van der Waals surface area contributed by atoms with Crippen molar-refractivity contribution >= 4 is 21.4 Å². The van der Waals surface area contributed by atoms with Gasteiger partial charge in [0.05, 0.1) is 5.25 Å². The molecular weight excluding hydrogens is 246 g/mol. The van der Waals surface area contributed by atoms with E-state index in [2.05, 4.69) is 4.98 Å². The number of sulfone groups is 1. The van der Waals surface area contributed by atoms with Crippen molar-refractivity contribution in [3.8, 4) is 0 Å². The summed E-state index contributed by atoms with van der Waals surface area (Å²) >= 11 is 5.95. The summed E-state index contributed by atoms with van der Waals surface area (Å²) in [7, 11) is -3.37. The van der Waals surface area contributed by atoms with Gasteiger partial charge >= 0.3 is 0 Å². The van der Waals surface area contributed by atoms with Crippen LogP contribution in [0.15, 0.2) is 4.90 Å². The van der Waals surface area contributed by atoms with Gasteiger partial charge in [0, 0.05) is 5.69 Å². The maximum atomic E-state index is 12.1. The number of hydrogen-bond acceptors (Lipinski definition) is 3. The number of nitrogens with zero attached hydrogens (tertiary/aromatic N) is 1. The highest BCUT2D eigenvalue weighted by molar-refractivity contribution is 7.92. The largest absolute Gasteiger partial charge is 0.240 e. The Morgan fingerprint density at radius 3 is 2.06 bits per heavy atom. The Bertz CT molecular complexity index is 521. The van der Waals surface area contributed by atoms with Crippen molar-refractivity contribution in [3.63, 3.8) is 0 Å². The molecule has 1 heterocycles. The number of pyridine rings is 1. The summed E-state index contributed by atoms with van der Waals surface area (Å²) in [4.78, 5) is 4.24. The summed E-state index contributed by atoms with van der Waals surface area (Å²) in [6, 6.07) is 0. The Labute approximate surface area is 102 Å². The summed E-state index contributed by atoms with van der Waals surface area (Å²) in [6.45, 7) is 8.72. The molecule has 90 valence electrons. The van der Waals surface area contributed by atoms with Crippen LogP contribution in [-0.2, 0) is 9.84 Å². The molecule has 0 atom stereocenters. The number of aromatic nitrogens is 1. The molecule has 1 aromatic heterocycles. The molecule has 0 amide bonds. The number of aryl methyl sites for hydroxylation is 1. The molecule has 0 bridgehead atoms.